The zero-order valence-electron chi connectivity index (χ0n) is 15.0. The highest BCUT2D eigenvalue weighted by atomic mass is 32.2. The van der Waals surface area contributed by atoms with Crippen molar-refractivity contribution in [1.29, 1.82) is 0 Å². The normalized spacial score (nSPS) is 10.9. The van der Waals surface area contributed by atoms with Crippen LogP contribution in [0.1, 0.15) is 6.92 Å². The van der Waals surface area contributed by atoms with E-state index in [4.69, 9.17) is 13.9 Å². The molecule has 28 heavy (non-hydrogen) atoms. The van der Waals surface area contributed by atoms with Crippen molar-refractivity contribution in [3.8, 4) is 28.7 Å². The number of thioether (sulfide) groups is 1. The second-order valence-corrected chi connectivity index (χ2v) is 6.42. The summed E-state index contributed by atoms with van der Waals surface area (Å²) in [4.78, 5) is 0. The van der Waals surface area contributed by atoms with Gasteiger partial charge in [0.25, 0.3) is 5.22 Å². The van der Waals surface area contributed by atoms with Gasteiger partial charge in [-0.2, -0.15) is 8.78 Å². The molecule has 3 aromatic rings. The summed E-state index contributed by atoms with van der Waals surface area (Å²) in [5.74, 6) is 2.55. The van der Waals surface area contributed by atoms with Gasteiger partial charge in [-0.15, -0.1) is 10.2 Å². The number of benzene rings is 2. The quantitative estimate of drug-likeness (QED) is 0.349. The Morgan fingerprint density at radius 1 is 0.929 bits per heavy atom. The highest BCUT2D eigenvalue weighted by Crippen LogP contribution is 2.25. The van der Waals surface area contributed by atoms with Crippen LogP contribution in [-0.2, 0) is 0 Å². The number of nitrogens with zero attached hydrogens (tertiary/aromatic N) is 2. The van der Waals surface area contributed by atoms with E-state index in [1.54, 1.807) is 12.1 Å². The van der Waals surface area contributed by atoms with Crippen LogP contribution in [0.4, 0.5) is 8.78 Å². The third-order valence-electron chi connectivity index (χ3n) is 3.45. The van der Waals surface area contributed by atoms with E-state index in [0.29, 0.717) is 35.6 Å². The van der Waals surface area contributed by atoms with Crippen molar-refractivity contribution >= 4 is 11.8 Å². The van der Waals surface area contributed by atoms with E-state index in [1.807, 2.05) is 31.2 Å². The third-order valence-corrected chi connectivity index (χ3v) is 4.23. The van der Waals surface area contributed by atoms with E-state index in [2.05, 4.69) is 14.9 Å². The Kier molecular flexibility index (Phi) is 7.07. The summed E-state index contributed by atoms with van der Waals surface area (Å²) in [6.07, 6.45) is 0. The van der Waals surface area contributed by atoms with E-state index in [-0.39, 0.29) is 5.75 Å². The van der Waals surface area contributed by atoms with Gasteiger partial charge in [-0.1, -0.05) is 11.8 Å². The van der Waals surface area contributed by atoms with Crippen LogP contribution in [0.5, 0.6) is 17.2 Å². The van der Waals surface area contributed by atoms with Crippen molar-refractivity contribution in [1.82, 2.24) is 10.2 Å². The van der Waals surface area contributed by atoms with Gasteiger partial charge < -0.3 is 18.6 Å². The fourth-order valence-electron chi connectivity index (χ4n) is 2.25. The van der Waals surface area contributed by atoms with Crippen LogP contribution in [0, 0.1) is 0 Å². The topological polar surface area (TPSA) is 66.6 Å². The maximum atomic E-state index is 12.2. The standard InChI is InChI=1S/C19H18F2N2O4S/c1-2-24-14-7-9-15(10-8-14)25-11-12-28-19-23-22-17(27-19)13-3-5-16(6-4-13)26-18(20)21/h3-10,18H,2,11-12H2,1H3. The van der Waals surface area contributed by atoms with Crippen molar-refractivity contribution in [2.24, 2.45) is 0 Å². The van der Waals surface area contributed by atoms with Gasteiger partial charge in [-0.25, -0.2) is 0 Å². The fourth-order valence-corrected chi connectivity index (χ4v) is 2.83. The molecular weight excluding hydrogens is 390 g/mol. The van der Waals surface area contributed by atoms with Crippen LogP contribution < -0.4 is 14.2 Å². The average molecular weight is 408 g/mol. The van der Waals surface area contributed by atoms with Crippen molar-refractivity contribution in [3.63, 3.8) is 0 Å². The molecule has 1 aromatic heterocycles. The Labute approximate surface area is 164 Å². The highest BCUT2D eigenvalue weighted by Gasteiger charge is 2.10. The van der Waals surface area contributed by atoms with E-state index in [9.17, 15) is 8.78 Å². The number of hydrogen-bond acceptors (Lipinski definition) is 7. The first-order valence-electron chi connectivity index (χ1n) is 8.51. The molecule has 0 fully saturated rings. The van der Waals surface area contributed by atoms with E-state index in [0.717, 1.165) is 11.5 Å². The molecule has 0 bridgehead atoms. The van der Waals surface area contributed by atoms with Crippen molar-refractivity contribution in [2.45, 2.75) is 18.8 Å². The summed E-state index contributed by atoms with van der Waals surface area (Å²) < 4.78 is 45.2. The number of hydrogen-bond donors (Lipinski definition) is 0. The largest absolute Gasteiger partial charge is 0.494 e. The van der Waals surface area contributed by atoms with Gasteiger partial charge in [0, 0.05) is 11.3 Å². The van der Waals surface area contributed by atoms with E-state index in [1.165, 1.54) is 23.9 Å². The Hall–Kier alpha value is -2.81. The molecule has 0 saturated carbocycles. The fraction of sp³-hybridized carbons (Fsp3) is 0.263. The summed E-state index contributed by atoms with van der Waals surface area (Å²) in [7, 11) is 0. The summed E-state index contributed by atoms with van der Waals surface area (Å²) in [6.45, 7) is 0.163. The van der Waals surface area contributed by atoms with Crippen molar-refractivity contribution < 1.29 is 27.4 Å². The Balaban J connectivity index is 1.45. The minimum absolute atomic E-state index is 0.0688. The molecule has 0 saturated heterocycles. The van der Waals surface area contributed by atoms with E-state index >= 15 is 0 Å². The molecule has 2 aromatic carbocycles. The monoisotopic (exact) mass is 408 g/mol. The van der Waals surface area contributed by atoms with Gasteiger partial charge in [0.05, 0.1) is 13.2 Å². The lowest BCUT2D eigenvalue weighted by molar-refractivity contribution is -0.0498. The lowest BCUT2D eigenvalue weighted by atomic mass is 10.2. The van der Waals surface area contributed by atoms with Gasteiger partial charge in [-0.3, -0.25) is 0 Å². The smallest absolute Gasteiger partial charge is 0.387 e. The molecule has 0 aliphatic heterocycles. The molecule has 0 atom stereocenters. The van der Waals surface area contributed by atoms with Gasteiger partial charge in [0.1, 0.15) is 17.2 Å². The molecule has 0 radical (unpaired) electrons. The molecule has 0 aliphatic rings. The van der Waals surface area contributed by atoms with Crippen LogP contribution in [-0.4, -0.2) is 35.8 Å². The summed E-state index contributed by atoms with van der Waals surface area (Å²) >= 11 is 1.36. The lowest BCUT2D eigenvalue weighted by Gasteiger charge is -2.06. The van der Waals surface area contributed by atoms with Gasteiger partial charge in [0.15, 0.2) is 0 Å². The second kappa shape index (κ2) is 9.93. The summed E-state index contributed by atoms with van der Waals surface area (Å²) in [5.41, 5.74) is 0.617. The maximum Gasteiger partial charge on any atom is 0.387 e. The summed E-state index contributed by atoms with van der Waals surface area (Å²) in [6, 6.07) is 13.4. The predicted octanol–water partition coefficient (Wildman–Crippen LogP) is 4.91. The van der Waals surface area contributed by atoms with Crippen LogP contribution in [0.15, 0.2) is 58.2 Å². The van der Waals surface area contributed by atoms with Gasteiger partial charge in [-0.05, 0) is 55.5 Å². The maximum absolute atomic E-state index is 12.2. The molecule has 0 amide bonds. The lowest BCUT2D eigenvalue weighted by Crippen LogP contribution is -2.01. The minimum atomic E-state index is -2.86. The second-order valence-electron chi connectivity index (χ2n) is 5.38. The number of alkyl halides is 2. The SMILES string of the molecule is CCOc1ccc(OCCSc2nnc(-c3ccc(OC(F)F)cc3)o2)cc1. The molecule has 9 heteroatoms. The molecule has 0 N–H and O–H groups in total. The molecule has 1 heterocycles. The Bertz CT molecular complexity index is 857. The van der Waals surface area contributed by atoms with Crippen LogP contribution in [0.3, 0.4) is 0 Å². The number of halogens is 2. The Morgan fingerprint density at radius 3 is 2.21 bits per heavy atom. The molecule has 0 unspecified atom stereocenters. The van der Waals surface area contributed by atoms with Crippen LogP contribution in [0.25, 0.3) is 11.5 Å². The van der Waals surface area contributed by atoms with Crippen LogP contribution in [0.2, 0.25) is 0 Å². The third kappa shape index (κ3) is 5.85. The molecular formula is C19H18F2N2O4S. The van der Waals surface area contributed by atoms with Crippen molar-refractivity contribution in [3.05, 3.63) is 48.5 Å². The highest BCUT2D eigenvalue weighted by molar-refractivity contribution is 7.99. The van der Waals surface area contributed by atoms with E-state index < -0.39 is 6.61 Å². The minimum Gasteiger partial charge on any atom is -0.494 e. The molecule has 0 spiro atoms. The molecule has 148 valence electrons. The number of rotatable bonds is 10. The molecule has 3 rings (SSSR count). The first-order chi connectivity index (χ1) is 13.6. The zero-order chi connectivity index (χ0) is 19.8. The number of ether oxygens (including phenoxy) is 3. The van der Waals surface area contributed by atoms with Crippen LogP contribution >= 0.6 is 11.8 Å². The first-order valence-corrected chi connectivity index (χ1v) is 9.50. The molecule has 6 nitrogen and oxygen atoms in total. The number of aromatic nitrogens is 2. The van der Waals surface area contributed by atoms with Gasteiger partial charge in [0.2, 0.25) is 5.89 Å². The van der Waals surface area contributed by atoms with Crippen molar-refractivity contribution in [2.75, 3.05) is 19.0 Å². The first kappa shape index (κ1) is 19.9. The predicted molar refractivity (Wildman–Crippen MR) is 100 cm³/mol. The average Bonchev–Trinajstić information content (AvgIpc) is 3.16. The molecule has 0 aliphatic carbocycles. The Morgan fingerprint density at radius 2 is 1.57 bits per heavy atom. The zero-order valence-corrected chi connectivity index (χ0v) is 15.8. The van der Waals surface area contributed by atoms with Gasteiger partial charge >= 0.3 is 6.61 Å². The summed E-state index contributed by atoms with van der Waals surface area (Å²) in [5, 5.41) is 8.32.